The zero-order chi connectivity index (χ0) is 12.6. The minimum atomic E-state index is -4.57. The maximum absolute atomic E-state index is 12.5. The molecule has 7 heteroatoms. The first-order valence-corrected chi connectivity index (χ1v) is 5.30. The van der Waals surface area contributed by atoms with E-state index in [4.69, 9.17) is 4.74 Å². The lowest BCUT2D eigenvalue weighted by atomic mass is 10.2. The van der Waals surface area contributed by atoms with Crippen molar-refractivity contribution in [2.45, 2.75) is 6.18 Å². The number of halogens is 4. The van der Waals surface area contributed by atoms with Crippen LogP contribution in [0.2, 0.25) is 0 Å². The molecule has 0 unspecified atom stereocenters. The molecular weight excluding hydrogens is 301 g/mol. The van der Waals surface area contributed by atoms with Gasteiger partial charge in [-0.3, -0.25) is 0 Å². The predicted molar refractivity (Wildman–Crippen MR) is 58.8 cm³/mol. The van der Waals surface area contributed by atoms with Crippen molar-refractivity contribution < 1.29 is 17.9 Å². The standard InChI is InChI=1S/C10H6BrF3N2O/c1-17-6-4-2-3-5-7(6)8(11)16-9(15-5)10(12,13)14/h2-4H,1H3. The van der Waals surface area contributed by atoms with Crippen molar-refractivity contribution in [3.63, 3.8) is 0 Å². The number of ether oxygens (including phenoxy) is 1. The molecule has 0 fully saturated rings. The van der Waals surface area contributed by atoms with Gasteiger partial charge in [0.1, 0.15) is 10.4 Å². The Hall–Kier alpha value is -1.37. The van der Waals surface area contributed by atoms with E-state index in [1.807, 2.05) is 0 Å². The average molecular weight is 307 g/mol. The van der Waals surface area contributed by atoms with Crippen LogP contribution in [0.1, 0.15) is 5.82 Å². The summed E-state index contributed by atoms with van der Waals surface area (Å²) in [7, 11) is 1.43. The second-order valence-corrected chi connectivity index (χ2v) is 3.94. The number of methoxy groups -OCH3 is 1. The third kappa shape index (κ3) is 2.19. The molecule has 0 bridgehead atoms. The highest BCUT2D eigenvalue weighted by Gasteiger charge is 2.35. The number of alkyl halides is 3. The molecule has 2 rings (SSSR count). The Bertz CT molecular complexity index is 571. The summed E-state index contributed by atoms with van der Waals surface area (Å²) in [6.07, 6.45) is -4.57. The molecule has 0 amide bonds. The first-order valence-electron chi connectivity index (χ1n) is 4.51. The van der Waals surface area contributed by atoms with Crippen molar-refractivity contribution in [2.24, 2.45) is 0 Å². The molecule has 0 atom stereocenters. The highest BCUT2D eigenvalue weighted by atomic mass is 79.9. The second-order valence-electron chi connectivity index (χ2n) is 3.19. The van der Waals surface area contributed by atoms with Crippen molar-refractivity contribution in [3.05, 3.63) is 28.6 Å². The molecule has 1 aromatic heterocycles. The average Bonchev–Trinajstić information content (AvgIpc) is 2.26. The van der Waals surface area contributed by atoms with E-state index in [1.54, 1.807) is 12.1 Å². The van der Waals surface area contributed by atoms with Crippen molar-refractivity contribution in [1.82, 2.24) is 9.97 Å². The summed E-state index contributed by atoms with van der Waals surface area (Å²) in [5.41, 5.74) is 0.179. The second kappa shape index (κ2) is 4.14. The van der Waals surface area contributed by atoms with E-state index in [0.29, 0.717) is 11.1 Å². The Labute approximate surface area is 103 Å². The number of nitrogens with zero attached hydrogens (tertiary/aromatic N) is 2. The number of aromatic nitrogens is 2. The van der Waals surface area contributed by atoms with Gasteiger partial charge < -0.3 is 4.74 Å². The summed E-state index contributed by atoms with van der Waals surface area (Å²) in [6, 6.07) is 4.67. The highest BCUT2D eigenvalue weighted by molar-refractivity contribution is 9.10. The van der Waals surface area contributed by atoms with E-state index in [9.17, 15) is 13.2 Å². The summed E-state index contributed by atoms with van der Waals surface area (Å²) < 4.78 is 42.6. The van der Waals surface area contributed by atoms with Crippen LogP contribution >= 0.6 is 15.9 Å². The maximum atomic E-state index is 12.5. The first-order chi connectivity index (χ1) is 7.93. The quantitative estimate of drug-likeness (QED) is 0.757. The summed E-state index contributed by atoms with van der Waals surface area (Å²) in [4.78, 5) is 6.85. The first kappa shape index (κ1) is 12.1. The SMILES string of the molecule is COc1cccc2nc(C(F)(F)F)nc(Br)c12. The molecule has 2 aromatic rings. The van der Waals surface area contributed by atoms with Crippen molar-refractivity contribution in [3.8, 4) is 5.75 Å². The number of benzene rings is 1. The molecule has 0 N–H and O–H groups in total. The molecule has 17 heavy (non-hydrogen) atoms. The van der Waals surface area contributed by atoms with Crippen LogP contribution < -0.4 is 4.74 Å². The molecule has 0 saturated carbocycles. The van der Waals surface area contributed by atoms with Crippen molar-refractivity contribution in [1.29, 1.82) is 0 Å². The normalized spacial score (nSPS) is 11.8. The van der Waals surface area contributed by atoms with Crippen LogP contribution in [0.3, 0.4) is 0 Å². The highest BCUT2D eigenvalue weighted by Crippen LogP contribution is 2.34. The molecule has 1 heterocycles. The fourth-order valence-corrected chi connectivity index (χ4v) is 1.97. The molecule has 0 aliphatic carbocycles. The van der Waals surface area contributed by atoms with Crippen molar-refractivity contribution in [2.75, 3.05) is 7.11 Å². The van der Waals surface area contributed by atoms with Crippen LogP contribution in [0.5, 0.6) is 5.75 Å². The summed E-state index contributed by atoms with van der Waals surface area (Å²) in [6.45, 7) is 0. The van der Waals surface area contributed by atoms with E-state index >= 15 is 0 Å². The van der Waals surface area contributed by atoms with Crippen LogP contribution in [0.25, 0.3) is 10.9 Å². The lowest BCUT2D eigenvalue weighted by Crippen LogP contribution is -2.11. The summed E-state index contributed by atoms with van der Waals surface area (Å²) in [5.74, 6) is -0.756. The van der Waals surface area contributed by atoms with Gasteiger partial charge >= 0.3 is 6.18 Å². The fraction of sp³-hybridized carbons (Fsp3) is 0.200. The van der Waals surface area contributed by atoms with Crippen LogP contribution in [0.4, 0.5) is 13.2 Å². The van der Waals surface area contributed by atoms with Gasteiger partial charge in [-0.15, -0.1) is 0 Å². The van der Waals surface area contributed by atoms with Crippen LogP contribution in [0, 0.1) is 0 Å². The van der Waals surface area contributed by atoms with Gasteiger partial charge in [0.2, 0.25) is 5.82 Å². The van der Waals surface area contributed by atoms with Gasteiger partial charge in [0.05, 0.1) is 18.0 Å². The summed E-state index contributed by atoms with van der Waals surface area (Å²) >= 11 is 3.00. The Morgan fingerprint density at radius 2 is 1.94 bits per heavy atom. The van der Waals surface area contributed by atoms with Crippen LogP contribution in [-0.4, -0.2) is 17.1 Å². The number of fused-ring (bicyclic) bond motifs is 1. The fourth-order valence-electron chi connectivity index (χ4n) is 1.40. The van der Waals surface area contributed by atoms with E-state index in [0.717, 1.165) is 0 Å². The number of hydrogen-bond acceptors (Lipinski definition) is 3. The molecule has 0 aliphatic heterocycles. The Kier molecular flexibility index (Phi) is 2.94. The van der Waals surface area contributed by atoms with E-state index < -0.39 is 12.0 Å². The molecule has 0 spiro atoms. The predicted octanol–water partition coefficient (Wildman–Crippen LogP) is 3.42. The number of rotatable bonds is 1. The molecule has 90 valence electrons. The Balaban J connectivity index is 2.76. The van der Waals surface area contributed by atoms with Gasteiger partial charge in [0, 0.05) is 0 Å². The molecule has 1 aromatic carbocycles. The Morgan fingerprint density at radius 1 is 1.24 bits per heavy atom. The maximum Gasteiger partial charge on any atom is 0.451 e. The van der Waals surface area contributed by atoms with Gasteiger partial charge in [-0.1, -0.05) is 6.07 Å². The third-order valence-electron chi connectivity index (χ3n) is 2.11. The number of hydrogen-bond donors (Lipinski definition) is 0. The monoisotopic (exact) mass is 306 g/mol. The molecule has 3 nitrogen and oxygen atoms in total. The van der Waals surface area contributed by atoms with Gasteiger partial charge in [-0.25, -0.2) is 9.97 Å². The lowest BCUT2D eigenvalue weighted by molar-refractivity contribution is -0.144. The summed E-state index contributed by atoms with van der Waals surface area (Å²) in [5, 5.41) is 0.419. The van der Waals surface area contributed by atoms with E-state index in [-0.39, 0.29) is 10.1 Å². The van der Waals surface area contributed by atoms with Gasteiger partial charge in [0.25, 0.3) is 0 Å². The molecule has 0 radical (unpaired) electrons. The van der Waals surface area contributed by atoms with E-state index in [1.165, 1.54) is 13.2 Å². The third-order valence-corrected chi connectivity index (χ3v) is 2.69. The smallest absolute Gasteiger partial charge is 0.451 e. The molecule has 0 saturated heterocycles. The minimum absolute atomic E-state index is 0.0623. The van der Waals surface area contributed by atoms with Gasteiger partial charge in [0.15, 0.2) is 0 Å². The largest absolute Gasteiger partial charge is 0.496 e. The van der Waals surface area contributed by atoms with Crippen molar-refractivity contribution >= 4 is 26.8 Å². The van der Waals surface area contributed by atoms with Crippen LogP contribution in [-0.2, 0) is 6.18 Å². The zero-order valence-electron chi connectivity index (χ0n) is 8.55. The van der Waals surface area contributed by atoms with E-state index in [2.05, 4.69) is 25.9 Å². The van der Waals surface area contributed by atoms with Gasteiger partial charge in [-0.05, 0) is 28.1 Å². The Morgan fingerprint density at radius 3 is 2.53 bits per heavy atom. The minimum Gasteiger partial charge on any atom is -0.496 e. The molecular formula is C10H6BrF3N2O. The topological polar surface area (TPSA) is 35.0 Å². The zero-order valence-corrected chi connectivity index (χ0v) is 10.1. The lowest BCUT2D eigenvalue weighted by Gasteiger charge is -2.09. The molecule has 0 aliphatic rings. The van der Waals surface area contributed by atoms with Crippen LogP contribution in [0.15, 0.2) is 22.8 Å². The van der Waals surface area contributed by atoms with Gasteiger partial charge in [-0.2, -0.15) is 13.2 Å².